The number of esters is 1. The summed E-state index contributed by atoms with van der Waals surface area (Å²) in [5.41, 5.74) is 0.576. The summed E-state index contributed by atoms with van der Waals surface area (Å²) in [5, 5.41) is 11.8. The van der Waals surface area contributed by atoms with Crippen molar-refractivity contribution in [3.05, 3.63) is 29.6 Å². The van der Waals surface area contributed by atoms with Crippen LogP contribution in [0.25, 0.3) is 0 Å². The summed E-state index contributed by atoms with van der Waals surface area (Å²) in [6, 6.07) is 5.10. The molecule has 0 bridgehead atoms. The van der Waals surface area contributed by atoms with Crippen molar-refractivity contribution >= 4 is 11.7 Å². The Bertz CT molecular complexity index is 480. The Hall–Kier alpha value is -2.09. The number of hydrogen-bond acceptors (Lipinski definition) is 4. The quantitative estimate of drug-likeness (QED) is 0.833. The van der Waals surface area contributed by atoms with E-state index in [9.17, 15) is 9.18 Å². The highest BCUT2D eigenvalue weighted by Crippen LogP contribution is 2.19. The number of rotatable bonds is 4. The van der Waals surface area contributed by atoms with E-state index in [-0.39, 0.29) is 11.5 Å². The third kappa shape index (κ3) is 3.20. The van der Waals surface area contributed by atoms with Gasteiger partial charge in [0.1, 0.15) is 17.9 Å². The summed E-state index contributed by atoms with van der Waals surface area (Å²) < 4.78 is 17.7. The number of nitriles is 1. The molecule has 0 radical (unpaired) electrons. The maximum Gasteiger partial charge on any atom is 0.328 e. The lowest BCUT2D eigenvalue weighted by Gasteiger charge is -2.21. The molecule has 1 aromatic rings. The minimum atomic E-state index is -0.576. The number of halogens is 1. The molecule has 5 heteroatoms. The molecular weight excluding hydrogens is 235 g/mol. The predicted molar refractivity (Wildman–Crippen MR) is 65.4 cm³/mol. The zero-order valence-electron chi connectivity index (χ0n) is 10.5. The summed E-state index contributed by atoms with van der Waals surface area (Å²) in [4.78, 5) is 11.6. The van der Waals surface area contributed by atoms with E-state index in [0.717, 1.165) is 6.07 Å². The Morgan fingerprint density at radius 2 is 2.17 bits per heavy atom. The average Bonchev–Trinajstić information content (AvgIpc) is 2.35. The number of carbonyl (C=O) groups excluding carboxylic acids is 1. The van der Waals surface area contributed by atoms with E-state index in [1.807, 2.05) is 19.9 Å². The molecule has 0 aromatic heterocycles. The van der Waals surface area contributed by atoms with Gasteiger partial charge in [0, 0.05) is 0 Å². The number of hydrogen-bond donors (Lipinski definition) is 1. The van der Waals surface area contributed by atoms with E-state index in [1.165, 1.54) is 19.2 Å². The van der Waals surface area contributed by atoms with Crippen LogP contribution in [0.3, 0.4) is 0 Å². The Labute approximate surface area is 105 Å². The van der Waals surface area contributed by atoms with Crippen molar-refractivity contribution in [3.63, 3.8) is 0 Å². The lowest BCUT2D eigenvalue weighted by Crippen LogP contribution is -2.35. The fraction of sp³-hybridized carbons (Fsp3) is 0.385. The molecule has 0 aliphatic rings. The van der Waals surface area contributed by atoms with Crippen LogP contribution in [0.2, 0.25) is 0 Å². The highest BCUT2D eigenvalue weighted by molar-refractivity contribution is 5.80. The van der Waals surface area contributed by atoms with Gasteiger partial charge in [0.2, 0.25) is 0 Å². The molecule has 18 heavy (non-hydrogen) atoms. The smallest absolute Gasteiger partial charge is 0.328 e. The molecule has 1 rings (SSSR count). The fourth-order valence-corrected chi connectivity index (χ4v) is 1.53. The lowest BCUT2D eigenvalue weighted by atomic mass is 10.0. The maximum atomic E-state index is 13.0. The van der Waals surface area contributed by atoms with Gasteiger partial charge in [0.15, 0.2) is 0 Å². The van der Waals surface area contributed by atoms with Gasteiger partial charge in [0.25, 0.3) is 0 Å². The van der Waals surface area contributed by atoms with Gasteiger partial charge < -0.3 is 10.1 Å². The van der Waals surface area contributed by atoms with Crippen molar-refractivity contribution in [2.45, 2.75) is 19.9 Å². The van der Waals surface area contributed by atoms with Crippen LogP contribution in [0, 0.1) is 23.1 Å². The van der Waals surface area contributed by atoms with Gasteiger partial charge in [-0.15, -0.1) is 0 Å². The van der Waals surface area contributed by atoms with Gasteiger partial charge in [0.05, 0.1) is 18.4 Å². The molecular formula is C13H15FN2O2. The van der Waals surface area contributed by atoms with Crippen molar-refractivity contribution in [1.29, 1.82) is 5.26 Å². The summed E-state index contributed by atoms with van der Waals surface area (Å²) in [5.74, 6) is -0.927. The Morgan fingerprint density at radius 1 is 1.50 bits per heavy atom. The number of nitrogens with zero attached hydrogens (tertiary/aromatic N) is 1. The second-order valence-corrected chi connectivity index (χ2v) is 4.19. The number of carbonyl (C=O) groups is 1. The summed E-state index contributed by atoms with van der Waals surface area (Å²) in [7, 11) is 1.30. The van der Waals surface area contributed by atoms with E-state index in [2.05, 4.69) is 10.1 Å². The largest absolute Gasteiger partial charge is 0.467 e. The normalized spacial score (nSPS) is 11.8. The molecule has 0 spiro atoms. The minimum absolute atomic E-state index is 0.0194. The summed E-state index contributed by atoms with van der Waals surface area (Å²) >= 11 is 0. The SMILES string of the molecule is COC(=O)C(Nc1ccc(F)cc1C#N)C(C)C. The minimum Gasteiger partial charge on any atom is -0.467 e. The fourth-order valence-electron chi connectivity index (χ4n) is 1.53. The monoisotopic (exact) mass is 250 g/mol. The first kappa shape index (κ1) is 14.0. The van der Waals surface area contributed by atoms with Gasteiger partial charge in [-0.3, -0.25) is 0 Å². The molecule has 0 heterocycles. The number of methoxy groups -OCH3 is 1. The van der Waals surface area contributed by atoms with Crippen molar-refractivity contribution in [2.24, 2.45) is 5.92 Å². The van der Waals surface area contributed by atoms with Crippen LogP contribution in [0.1, 0.15) is 19.4 Å². The standard InChI is InChI=1S/C13H15FN2O2/c1-8(2)12(13(17)18-3)16-11-5-4-10(14)6-9(11)7-15/h4-6,8,12,16H,1-3H3. The zero-order chi connectivity index (χ0) is 13.7. The van der Waals surface area contributed by atoms with Crippen LogP contribution in [0.15, 0.2) is 18.2 Å². The van der Waals surface area contributed by atoms with Gasteiger partial charge in [-0.1, -0.05) is 13.8 Å². The highest BCUT2D eigenvalue weighted by Gasteiger charge is 2.23. The molecule has 0 amide bonds. The van der Waals surface area contributed by atoms with Crippen LogP contribution in [-0.4, -0.2) is 19.1 Å². The van der Waals surface area contributed by atoms with Crippen LogP contribution in [0.5, 0.6) is 0 Å². The Kier molecular flexibility index (Phi) is 4.67. The number of ether oxygens (including phenoxy) is 1. The number of nitrogens with one attached hydrogen (secondary N) is 1. The first-order valence-corrected chi connectivity index (χ1v) is 5.53. The topological polar surface area (TPSA) is 62.1 Å². The van der Waals surface area contributed by atoms with E-state index in [0.29, 0.717) is 5.69 Å². The summed E-state index contributed by atoms with van der Waals surface area (Å²) in [6.07, 6.45) is 0. The number of benzene rings is 1. The van der Waals surface area contributed by atoms with E-state index in [4.69, 9.17) is 5.26 Å². The van der Waals surface area contributed by atoms with Crippen molar-refractivity contribution in [3.8, 4) is 6.07 Å². The molecule has 0 aliphatic heterocycles. The molecule has 1 N–H and O–H groups in total. The highest BCUT2D eigenvalue weighted by atomic mass is 19.1. The van der Waals surface area contributed by atoms with Crippen LogP contribution < -0.4 is 5.32 Å². The molecule has 1 unspecified atom stereocenters. The molecule has 1 atom stereocenters. The average molecular weight is 250 g/mol. The third-order valence-corrected chi connectivity index (χ3v) is 2.53. The molecule has 0 saturated heterocycles. The van der Waals surface area contributed by atoms with E-state index >= 15 is 0 Å². The molecule has 96 valence electrons. The first-order chi connectivity index (χ1) is 8.49. The second kappa shape index (κ2) is 6.01. The van der Waals surface area contributed by atoms with Gasteiger partial charge >= 0.3 is 5.97 Å². The second-order valence-electron chi connectivity index (χ2n) is 4.19. The third-order valence-electron chi connectivity index (χ3n) is 2.53. The van der Waals surface area contributed by atoms with Crippen LogP contribution >= 0.6 is 0 Å². The van der Waals surface area contributed by atoms with Gasteiger partial charge in [-0.05, 0) is 24.1 Å². The molecule has 4 nitrogen and oxygen atoms in total. The van der Waals surface area contributed by atoms with E-state index in [1.54, 1.807) is 0 Å². The molecule has 0 fully saturated rings. The van der Waals surface area contributed by atoms with Crippen molar-refractivity contribution in [1.82, 2.24) is 0 Å². The molecule has 0 aliphatic carbocycles. The lowest BCUT2D eigenvalue weighted by molar-refractivity contribution is -0.142. The summed E-state index contributed by atoms with van der Waals surface area (Å²) in [6.45, 7) is 3.70. The maximum absolute atomic E-state index is 13.0. The van der Waals surface area contributed by atoms with Gasteiger partial charge in [-0.25, -0.2) is 9.18 Å². The number of anilines is 1. The predicted octanol–water partition coefficient (Wildman–Crippen LogP) is 2.31. The van der Waals surface area contributed by atoms with Gasteiger partial charge in [-0.2, -0.15) is 5.26 Å². The first-order valence-electron chi connectivity index (χ1n) is 5.53. The van der Waals surface area contributed by atoms with E-state index < -0.39 is 17.8 Å². The van der Waals surface area contributed by atoms with Crippen LogP contribution in [-0.2, 0) is 9.53 Å². The Balaban J connectivity index is 3.01. The molecule has 0 saturated carbocycles. The van der Waals surface area contributed by atoms with Crippen molar-refractivity contribution in [2.75, 3.05) is 12.4 Å². The molecule has 1 aromatic carbocycles. The Morgan fingerprint density at radius 3 is 2.67 bits per heavy atom. The van der Waals surface area contributed by atoms with Crippen LogP contribution in [0.4, 0.5) is 10.1 Å². The zero-order valence-corrected chi connectivity index (χ0v) is 10.5. The van der Waals surface area contributed by atoms with Crippen molar-refractivity contribution < 1.29 is 13.9 Å².